The van der Waals surface area contributed by atoms with E-state index in [9.17, 15) is 35.1 Å². The third kappa shape index (κ3) is 31.9. The van der Waals surface area contributed by atoms with Crippen LogP contribution < -0.4 is 5.32 Å². The summed E-state index contributed by atoms with van der Waals surface area (Å²) in [6.45, 7) is 5.58. The fourth-order valence-electron chi connectivity index (χ4n) is 7.84. The molecule has 0 aromatic rings. The number of aliphatic hydroxyl groups excluding tert-OH is 5. The summed E-state index contributed by atoms with van der Waals surface area (Å²) in [5.74, 6) is -1.22. The number of allylic oxidation sites excluding steroid dienone is 9. The molecule has 0 bridgehead atoms. The Morgan fingerprint density at radius 3 is 1.66 bits per heavy atom. The van der Waals surface area contributed by atoms with Crippen LogP contribution in [0.1, 0.15) is 207 Å². The molecule has 376 valence electrons. The number of carbonyl (C=O) groups excluding carboxylic acids is 2. The molecule has 0 aromatic carbocycles. The molecule has 8 atom stereocenters. The molecule has 1 aliphatic rings. The molecule has 11 heteroatoms. The minimum absolute atomic E-state index is 0.0964. The molecule has 0 saturated carbocycles. The highest BCUT2D eigenvalue weighted by molar-refractivity contribution is 5.80. The average Bonchev–Trinajstić information content (AvgIpc) is 3.30. The summed E-state index contributed by atoms with van der Waals surface area (Å²) in [6.07, 6.45) is 39.9. The number of hydrogen-bond acceptors (Lipinski definition) is 10. The van der Waals surface area contributed by atoms with Crippen LogP contribution >= 0.6 is 0 Å². The van der Waals surface area contributed by atoms with Crippen molar-refractivity contribution >= 4 is 11.9 Å². The molecule has 1 rings (SSSR count). The maximum atomic E-state index is 13.3. The van der Waals surface area contributed by atoms with Gasteiger partial charge in [0.2, 0.25) is 5.91 Å². The standard InChI is InChI=1S/C54H95NO10/c1-4-7-10-13-16-19-22-23-24-25-27-30-33-36-39-42-49(59)65-52-51(61)50(60)48(43-56)64-54(52)63-44-45(46(57)40-37-34-31-29-26-20-17-14-11-8-5-2)55-53(62)47(58)41-38-35-32-28-21-18-15-12-9-6-3/h7,10,13,16,19,22-24,37,40,45-48,50-52,54,56-58,60-61H,4-6,8-9,11-12,14-15,17-18,20-21,25-36,38-39,41-44H2,1-3H3,(H,55,62)/b10-7+,16-13+,22-19+,24-23-,40-37+. The minimum Gasteiger partial charge on any atom is -0.454 e. The second-order valence-corrected chi connectivity index (χ2v) is 18.0. The van der Waals surface area contributed by atoms with Crippen molar-refractivity contribution in [1.29, 1.82) is 0 Å². The Bertz CT molecular complexity index is 1280. The van der Waals surface area contributed by atoms with E-state index in [4.69, 9.17) is 14.2 Å². The molecule has 0 spiro atoms. The van der Waals surface area contributed by atoms with Crippen molar-refractivity contribution in [2.45, 2.75) is 256 Å². The summed E-state index contributed by atoms with van der Waals surface area (Å²) >= 11 is 0. The monoisotopic (exact) mass is 918 g/mol. The Morgan fingerprint density at radius 1 is 0.615 bits per heavy atom. The number of carbonyl (C=O) groups is 2. The highest BCUT2D eigenvalue weighted by Gasteiger charge is 2.47. The molecular weight excluding hydrogens is 823 g/mol. The highest BCUT2D eigenvalue weighted by Crippen LogP contribution is 2.26. The molecule has 1 saturated heterocycles. The second-order valence-electron chi connectivity index (χ2n) is 18.0. The largest absolute Gasteiger partial charge is 0.454 e. The lowest BCUT2D eigenvalue weighted by molar-refractivity contribution is -0.305. The SMILES string of the molecule is CC/C=C/C=C/C=C/C=C\CCCCCCCC(=O)OC1C(OCC(NC(=O)C(O)CCCCCCCCCCCC)C(O)/C=C/CCCCCCCCCCC)OC(CO)C(O)C1O. The van der Waals surface area contributed by atoms with Gasteiger partial charge in [0.05, 0.1) is 25.4 Å². The van der Waals surface area contributed by atoms with Crippen LogP contribution in [0.2, 0.25) is 0 Å². The number of hydrogen-bond donors (Lipinski definition) is 6. The first-order valence-corrected chi connectivity index (χ1v) is 26.1. The van der Waals surface area contributed by atoms with Crippen molar-refractivity contribution in [2.24, 2.45) is 0 Å². The Labute approximate surface area is 395 Å². The Balaban J connectivity index is 2.78. The number of amides is 1. The molecule has 1 aliphatic heterocycles. The van der Waals surface area contributed by atoms with Gasteiger partial charge in [-0.3, -0.25) is 9.59 Å². The molecule has 6 N–H and O–H groups in total. The minimum atomic E-state index is -1.62. The summed E-state index contributed by atoms with van der Waals surface area (Å²) in [5, 5.41) is 56.5. The number of aliphatic hydroxyl groups is 5. The summed E-state index contributed by atoms with van der Waals surface area (Å²) in [5.41, 5.74) is 0. The first-order valence-electron chi connectivity index (χ1n) is 26.1. The average molecular weight is 918 g/mol. The van der Waals surface area contributed by atoms with Crippen LogP contribution in [0.5, 0.6) is 0 Å². The van der Waals surface area contributed by atoms with Crippen molar-refractivity contribution < 1.29 is 49.3 Å². The van der Waals surface area contributed by atoms with Crippen LogP contribution in [0.4, 0.5) is 0 Å². The van der Waals surface area contributed by atoms with Crippen molar-refractivity contribution in [3.8, 4) is 0 Å². The second kappa shape index (κ2) is 42.7. The lowest BCUT2D eigenvalue weighted by atomic mass is 9.99. The summed E-state index contributed by atoms with van der Waals surface area (Å²) < 4.78 is 17.5. The molecule has 11 nitrogen and oxygen atoms in total. The summed E-state index contributed by atoms with van der Waals surface area (Å²) in [4.78, 5) is 26.3. The van der Waals surface area contributed by atoms with Gasteiger partial charge in [-0.05, 0) is 44.9 Å². The van der Waals surface area contributed by atoms with Crippen molar-refractivity contribution in [1.82, 2.24) is 5.32 Å². The van der Waals surface area contributed by atoms with Crippen LogP contribution in [0.25, 0.3) is 0 Å². The van der Waals surface area contributed by atoms with E-state index in [1.807, 2.05) is 42.5 Å². The van der Waals surface area contributed by atoms with Gasteiger partial charge in [0.15, 0.2) is 12.4 Å². The molecule has 0 aliphatic carbocycles. The molecule has 8 unspecified atom stereocenters. The Hall–Kier alpha value is -2.64. The third-order valence-corrected chi connectivity index (χ3v) is 12.0. The summed E-state index contributed by atoms with van der Waals surface area (Å²) in [7, 11) is 0. The van der Waals surface area contributed by atoms with Gasteiger partial charge in [-0.25, -0.2) is 0 Å². The fourth-order valence-corrected chi connectivity index (χ4v) is 7.84. The molecular formula is C54H95NO10. The van der Waals surface area contributed by atoms with Gasteiger partial charge in [0, 0.05) is 6.42 Å². The van der Waals surface area contributed by atoms with Crippen LogP contribution in [0.15, 0.2) is 60.8 Å². The first kappa shape index (κ1) is 60.4. The molecule has 1 heterocycles. The molecule has 1 amide bonds. The van der Waals surface area contributed by atoms with Crippen molar-refractivity contribution in [3.63, 3.8) is 0 Å². The first-order chi connectivity index (χ1) is 31.7. The maximum Gasteiger partial charge on any atom is 0.306 e. The smallest absolute Gasteiger partial charge is 0.306 e. The van der Waals surface area contributed by atoms with Gasteiger partial charge in [0.1, 0.15) is 24.4 Å². The van der Waals surface area contributed by atoms with Gasteiger partial charge >= 0.3 is 5.97 Å². The molecule has 0 radical (unpaired) electrons. The van der Waals surface area contributed by atoms with Gasteiger partial charge in [0.25, 0.3) is 0 Å². The van der Waals surface area contributed by atoms with E-state index in [1.165, 1.54) is 83.5 Å². The lowest BCUT2D eigenvalue weighted by Crippen LogP contribution is -2.61. The van der Waals surface area contributed by atoms with Crippen LogP contribution in [-0.4, -0.2) is 99.6 Å². The number of nitrogens with one attached hydrogen (secondary N) is 1. The zero-order valence-electron chi connectivity index (χ0n) is 41.1. The van der Waals surface area contributed by atoms with E-state index in [2.05, 4.69) is 38.2 Å². The van der Waals surface area contributed by atoms with E-state index >= 15 is 0 Å². The lowest BCUT2D eigenvalue weighted by Gasteiger charge is -2.41. The fraction of sp³-hybridized carbons (Fsp3) is 0.778. The predicted octanol–water partition coefficient (Wildman–Crippen LogP) is 10.7. The van der Waals surface area contributed by atoms with Gasteiger partial charge in [-0.2, -0.15) is 0 Å². The molecule has 65 heavy (non-hydrogen) atoms. The van der Waals surface area contributed by atoms with Crippen LogP contribution in [-0.2, 0) is 23.8 Å². The quantitative estimate of drug-likeness (QED) is 0.0150. The van der Waals surface area contributed by atoms with Gasteiger partial charge in [-0.15, -0.1) is 0 Å². The third-order valence-electron chi connectivity index (χ3n) is 12.0. The topological polar surface area (TPSA) is 175 Å². The van der Waals surface area contributed by atoms with Gasteiger partial charge < -0.3 is 45.1 Å². The number of rotatable bonds is 42. The molecule has 0 aromatic heterocycles. The van der Waals surface area contributed by atoms with Crippen LogP contribution in [0.3, 0.4) is 0 Å². The maximum absolute atomic E-state index is 13.3. The number of ether oxygens (including phenoxy) is 3. The zero-order chi connectivity index (χ0) is 47.6. The normalized spacial score (nSPS) is 20.8. The molecule has 1 fully saturated rings. The van der Waals surface area contributed by atoms with Gasteiger partial charge in [-0.1, -0.05) is 216 Å². The van der Waals surface area contributed by atoms with Crippen LogP contribution in [0, 0.1) is 0 Å². The predicted molar refractivity (Wildman–Crippen MR) is 264 cm³/mol. The van der Waals surface area contributed by atoms with E-state index in [0.29, 0.717) is 12.8 Å². The van der Waals surface area contributed by atoms with Crippen molar-refractivity contribution in [3.05, 3.63) is 60.8 Å². The Morgan fingerprint density at radius 2 is 1.11 bits per heavy atom. The highest BCUT2D eigenvalue weighted by atomic mass is 16.7. The van der Waals surface area contributed by atoms with Crippen molar-refractivity contribution in [2.75, 3.05) is 13.2 Å². The zero-order valence-corrected chi connectivity index (χ0v) is 41.1. The van der Waals surface area contributed by atoms with E-state index in [0.717, 1.165) is 77.0 Å². The summed E-state index contributed by atoms with van der Waals surface area (Å²) in [6, 6.07) is -1.03. The van der Waals surface area contributed by atoms with E-state index in [1.54, 1.807) is 6.08 Å². The van der Waals surface area contributed by atoms with E-state index < -0.39 is 67.4 Å². The number of unbranched alkanes of at least 4 members (excludes halogenated alkanes) is 23. The number of esters is 1. The Kier molecular flexibility index (Phi) is 39.7. The van der Waals surface area contributed by atoms with E-state index in [-0.39, 0.29) is 19.4 Å².